The minimum Gasteiger partial charge on any atom is -0.478 e. The highest BCUT2D eigenvalue weighted by molar-refractivity contribution is 5.93. The first-order valence-corrected chi connectivity index (χ1v) is 4.89. The zero-order valence-electron chi connectivity index (χ0n) is 9.26. The maximum Gasteiger partial charge on any atom is 0.328 e. The monoisotopic (exact) mass is 237 g/mol. The van der Waals surface area contributed by atoms with Gasteiger partial charge in [0.25, 0.3) is 0 Å². The van der Waals surface area contributed by atoms with Crippen LogP contribution in [-0.4, -0.2) is 28.9 Å². The van der Waals surface area contributed by atoms with Gasteiger partial charge < -0.3 is 10.0 Å². The second kappa shape index (κ2) is 5.79. The summed E-state index contributed by atoms with van der Waals surface area (Å²) in [6, 6.07) is 5.88. The van der Waals surface area contributed by atoms with Crippen molar-refractivity contribution in [1.82, 2.24) is 4.90 Å². The first kappa shape index (κ1) is 12.9. The number of likely N-dealkylation sites (N-methyl/N-ethyl adjacent to an activating group) is 1. The van der Waals surface area contributed by atoms with Crippen molar-refractivity contribution in [1.29, 1.82) is 0 Å². The third-order valence-corrected chi connectivity index (χ3v) is 2.05. The van der Waals surface area contributed by atoms with Gasteiger partial charge in [-0.2, -0.15) is 0 Å². The molecule has 4 nitrogen and oxygen atoms in total. The molecule has 1 amide bonds. The Morgan fingerprint density at radius 2 is 2.12 bits per heavy atom. The van der Waals surface area contributed by atoms with E-state index in [1.165, 1.54) is 24.1 Å². The van der Waals surface area contributed by atoms with Crippen LogP contribution in [0, 0.1) is 5.82 Å². The maximum atomic E-state index is 12.9. The lowest BCUT2D eigenvalue weighted by Gasteiger charge is -2.14. The molecule has 0 fully saturated rings. The number of amides is 1. The third kappa shape index (κ3) is 4.46. The molecule has 1 aromatic carbocycles. The predicted molar refractivity (Wildman–Crippen MR) is 59.6 cm³/mol. The van der Waals surface area contributed by atoms with E-state index in [1.807, 2.05) is 0 Å². The molecular weight excluding hydrogens is 225 g/mol. The Morgan fingerprint density at radius 1 is 1.41 bits per heavy atom. The summed E-state index contributed by atoms with van der Waals surface area (Å²) in [6.07, 6.45) is 1.73. The smallest absolute Gasteiger partial charge is 0.328 e. The van der Waals surface area contributed by atoms with Gasteiger partial charge in [0.05, 0.1) is 0 Å². The van der Waals surface area contributed by atoms with Gasteiger partial charge >= 0.3 is 5.97 Å². The molecule has 0 spiro atoms. The van der Waals surface area contributed by atoms with Crippen molar-refractivity contribution in [2.75, 3.05) is 7.05 Å². The first-order valence-electron chi connectivity index (χ1n) is 4.89. The van der Waals surface area contributed by atoms with E-state index < -0.39 is 11.9 Å². The van der Waals surface area contributed by atoms with Crippen LogP contribution in [0.5, 0.6) is 0 Å². The van der Waals surface area contributed by atoms with Crippen LogP contribution in [0.15, 0.2) is 36.4 Å². The number of nitrogens with zero attached hydrogens (tertiary/aromatic N) is 1. The van der Waals surface area contributed by atoms with Crippen molar-refractivity contribution in [2.45, 2.75) is 6.54 Å². The van der Waals surface area contributed by atoms with Crippen molar-refractivity contribution in [3.63, 3.8) is 0 Å². The summed E-state index contributed by atoms with van der Waals surface area (Å²) >= 11 is 0. The van der Waals surface area contributed by atoms with E-state index in [0.717, 1.165) is 12.2 Å². The molecule has 0 aliphatic carbocycles. The van der Waals surface area contributed by atoms with Crippen molar-refractivity contribution in [3.05, 3.63) is 47.8 Å². The molecule has 0 atom stereocenters. The second-order valence-electron chi connectivity index (χ2n) is 3.50. The van der Waals surface area contributed by atoms with Gasteiger partial charge in [0.1, 0.15) is 5.82 Å². The van der Waals surface area contributed by atoms with Gasteiger partial charge in [-0.05, 0) is 17.7 Å². The van der Waals surface area contributed by atoms with Gasteiger partial charge in [0.2, 0.25) is 5.91 Å². The van der Waals surface area contributed by atoms with E-state index in [4.69, 9.17) is 5.11 Å². The molecule has 1 aromatic rings. The number of benzene rings is 1. The summed E-state index contributed by atoms with van der Waals surface area (Å²) in [5, 5.41) is 8.36. The van der Waals surface area contributed by atoms with E-state index in [2.05, 4.69) is 0 Å². The Hall–Kier alpha value is -2.17. The molecule has 90 valence electrons. The number of halogens is 1. The summed E-state index contributed by atoms with van der Waals surface area (Å²) < 4.78 is 12.9. The molecular formula is C12H12FNO3. The number of hydrogen-bond donors (Lipinski definition) is 1. The van der Waals surface area contributed by atoms with Crippen LogP contribution in [0.1, 0.15) is 5.56 Å². The first-order chi connectivity index (χ1) is 7.99. The van der Waals surface area contributed by atoms with E-state index >= 15 is 0 Å². The molecule has 0 bridgehead atoms. The Balaban J connectivity index is 2.63. The number of aliphatic carboxylic acids is 1. The highest BCUT2D eigenvalue weighted by atomic mass is 19.1. The standard InChI is InChI=1S/C12H12FNO3/c1-14(11(15)5-6-12(16)17)8-9-3-2-4-10(13)7-9/h2-7H,8H2,1H3,(H,16,17)/b6-5+. The van der Waals surface area contributed by atoms with E-state index in [9.17, 15) is 14.0 Å². The average molecular weight is 237 g/mol. The van der Waals surface area contributed by atoms with Crippen molar-refractivity contribution < 1.29 is 19.1 Å². The molecule has 0 aliphatic rings. The molecule has 0 saturated carbocycles. The van der Waals surface area contributed by atoms with Gasteiger partial charge in [-0.1, -0.05) is 12.1 Å². The van der Waals surface area contributed by atoms with Gasteiger partial charge in [-0.3, -0.25) is 4.79 Å². The quantitative estimate of drug-likeness (QED) is 0.806. The van der Waals surface area contributed by atoms with Crippen LogP contribution in [0.4, 0.5) is 4.39 Å². The number of carboxylic acid groups (broad SMARTS) is 1. The topological polar surface area (TPSA) is 57.6 Å². The molecule has 0 saturated heterocycles. The van der Waals surface area contributed by atoms with Gasteiger partial charge in [0.15, 0.2) is 0 Å². The number of carboxylic acids is 1. The van der Waals surface area contributed by atoms with Crippen LogP contribution in [0.2, 0.25) is 0 Å². The van der Waals surface area contributed by atoms with Crippen LogP contribution in [-0.2, 0) is 16.1 Å². The lowest BCUT2D eigenvalue weighted by Crippen LogP contribution is -2.24. The van der Waals surface area contributed by atoms with E-state index in [0.29, 0.717) is 5.56 Å². The Morgan fingerprint density at radius 3 is 2.71 bits per heavy atom. The summed E-state index contributed by atoms with van der Waals surface area (Å²) in [5.74, 6) is -2.00. The molecule has 0 heterocycles. The Kier molecular flexibility index (Phi) is 4.39. The molecule has 0 aliphatic heterocycles. The van der Waals surface area contributed by atoms with Crippen LogP contribution >= 0.6 is 0 Å². The lowest BCUT2D eigenvalue weighted by molar-refractivity contribution is -0.132. The molecule has 0 unspecified atom stereocenters. The summed E-state index contributed by atoms with van der Waals surface area (Å²) in [7, 11) is 1.51. The highest BCUT2D eigenvalue weighted by Crippen LogP contribution is 2.06. The highest BCUT2D eigenvalue weighted by Gasteiger charge is 2.06. The fraction of sp³-hybridized carbons (Fsp3) is 0.167. The van der Waals surface area contributed by atoms with Crippen LogP contribution < -0.4 is 0 Å². The largest absolute Gasteiger partial charge is 0.478 e. The van der Waals surface area contributed by atoms with Gasteiger partial charge in [0, 0.05) is 25.7 Å². The Bertz CT molecular complexity index is 457. The molecule has 1 rings (SSSR count). The molecule has 1 N–H and O–H groups in total. The normalized spacial score (nSPS) is 10.5. The zero-order chi connectivity index (χ0) is 12.8. The van der Waals surface area contributed by atoms with Crippen LogP contribution in [0.3, 0.4) is 0 Å². The third-order valence-electron chi connectivity index (χ3n) is 2.05. The lowest BCUT2D eigenvalue weighted by atomic mass is 10.2. The number of rotatable bonds is 4. The fourth-order valence-electron chi connectivity index (χ4n) is 1.26. The predicted octanol–water partition coefficient (Wildman–Crippen LogP) is 1.42. The van der Waals surface area contributed by atoms with Crippen molar-refractivity contribution >= 4 is 11.9 Å². The number of carbonyl (C=O) groups is 2. The molecule has 17 heavy (non-hydrogen) atoms. The summed E-state index contributed by atoms with van der Waals surface area (Å²) in [4.78, 5) is 22.9. The summed E-state index contributed by atoms with van der Waals surface area (Å²) in [5.41, 5.74) is 0.643. The zero-order valence-corrected chi connectivity index (χ0v) is 9.26. The van der Waals surface area contributed by atoms with E-state index in [1.54, 1.807) is 12.1 Å². The Labute approximate surface area is 98.0 Å². The van der Waals surface area contributed by atoms with Crippen molar-refractivity contribution in [3.8, 4) is 0 Å². The fourth-order valence-corrected chi connectivity index (χ4v) is 1.26. The number of hydrogen-bond acceptors (Lipinski definition) is 2. The van der Waals surface area contributed by atoms with Gasteiger partial charge in [-0.15, -0.1) is 0 Å². The molecule has 5 heteroatoms. The SMILES string of the molecule is CN(Cc1cccc(F)c1)C(=O)/C=C/C(=O)O. The second-order valence-corrected chi connectivity index (χ2v) is 3.50. The minimum absolute atomic E-state index is 0.223. The maximum absolute atomic E-state index is 12.9. The van der Waals surface area contributed by atoms with Crippen molar-refractivity contribution in [2.24, 2.45) is 0 Å². The minimum atomic E-state index is -1.18. The van der Waals surface area contributed by atoms with Gasteiger partial charge in [-0.25, -0.2) is 9.18 Å². The number of carbonyl (C=O) groups excluding carboxylic acids is 1. The molecule has 0 aromatic heterocycles. The van der Waals surface area contributed by atoms with E-state index in [-0.39, 0.29) is 12.4 Å². The van der Waals surface area contributed by atoms with Crippen LogP contribution in [0.25, 0.3) is 0 Å². The summed E-state index contributed by atoms with van der Waals surface area (Å²) in [6.45, 7) is 0.223. The average Bonchev–Trinajstić information content (AvgIpc) is 2.25. The molecule has 0 radical (unpaired) electrons.